The van der Waals surface area contributed by atoms with Gasteiger partial charge in [-0.1, -0.05) is 121 Å². The van der Waals surface area contributed by atoms with Crippen molar-refractivity contribution >= 4 is 68.6 Å². The van der Waals surface area contributed by atoms with Crippen LogP contribution in [-0.4, -0.2) is 35.7 Å². The van der Waals surface area contributed by atoms with E-state index in [4.69, 9.17) is 0 Å². The van der Waals surface area contributed by atoms with Crippen LogP contribution < -0.4 is 33.3 Å². The van der Waals surface area contributed by atoms with Crippen LogP contribution in [0.3, 0.4) is 0 Å². The fourth-order valence-corrected chi connectivity index (χ4v) is 5.51. The summed E-state index contributed by atoms with van der Waals surface area (Å²) in [6, 6.07) is 36.3. The van der Waals surface area contributed by atoms with E-state index in [1.807, 2.05) is 72.8 Å². The van der Waals surface area contributed by atoms with Crippen molar-refractivity contribution in [2.45, 2.75) is 0 Å². The number of para-hydroxylation sites is 2. The van der Waals surface area contributed by atoms with E-state index in [2.05, 4.69) is 31.0 Å². The first kappa shape index (κ1) is 35.2. The van der Waals surface area contributed by atoms with Crippen LogP contribution in [0.5, 0.6) is 11.5 Å². The maximum absolute atomic E-state index is 12.1. The molecule has 0 fully saturated rings. The molecule has 1 radical (unpaired) electrons. The van der Waals surface area contributed by atoms with Crippen LogP contribution in [0.2, 0.25) is 0 Å². The molecule has 12 heteroatoms. The summed E-state index contributed by atoms with van der Waals surface area (Å²) in [4.78, 5) is 24.0. The molecule has 10 nitrogen and oxygen atoms in total. The average molecular weight is 720 g/mol. The van der Waals surface area contributed by atoms with E-state index in [9.17, 15) is 19.8 Å². The van der Waals surface area contributed by atoms with Gasteiger partial charge in [-0.3, -0.25) is 9.59 Å². The second-order valence-corrected chi connectivity index (χ2v) is 10.8. The van der Waals surface area contributed by atoms with Crippen LogP contribution in [0, 0.1) is 0 Å². The third kappa shape index (κ3) is 7.01. The molecule has 0 unspecified atom stereocenters. The van der Waals surface area contributed by atoms with Crippen molar-refractivity contribution in [1.82, 2.24) is 0 Å². The van der Waals surface area contributed by atoms with E-state index >= 15 is 0 Å². The largest absolute Gasteiger partial charge is 3.00 e. The number of halogens is 1. The van der Waals surface area contributed by atoms with E-state index in [0.717, 1.165) is 21.5 Å². The summed E-state index contributed by atoms with van der Waals surface area (Å²) in [6.45, 7) is 0. The minimum absolute atomic E-state index is 0. The minimum Gasteiger partial charge on any atom is -1.00 e. The third-order valence-corrected chi connectivity index (χ3v) is 7.84. The van der Waals surface area contributed by atoms with Gasteiger partial charge in [-0.15, -0.1) is 10.2 Å². The molecule has 2 aliphatic heterocycles. The summed E-state index contributed by atoms with van der Waals surface area (Å²) in [5, 5.41) is 49.2. The van der Waals surface area contributed by atoms with Gasteiger partial charge in [0.15, 0.2) is 11.4 Å². The van der Waals surface area contributed by atoms with Gasteiger partial charge in [-0.2, -0.15) is 10.2 Å². The predicted molar refractivity (Wildman–Crippen MR) is 185 cm³/mol. The van der Waals surface area contributed by atoms with Crippen molar-refractivity contribution in [2.24, 2.45) is 20.4 Å². The Balaban J connectivity index is 0.000000187. The van der Waals surface area contributed by atoms with Gasteiger partial charge in [0, 0.05) is 11.1 Å². The monoisotopic (exact) mass is 719 g/mol. The minimum atomic E-state index is -0.298. The van der Waals surface area contributed by atoms with Gasteiger partial charge >= 0.3 is 17.1 Å². The van der Waals surface area contributed by atoms with E-state index in [0.29, 0.717) is 33.6 Å². The zero-order chi connectivity index (χ0) is 33.0. The Morgan fingerprint density at radius 1 is 0.500 bits per heavy atom. The number of anilines is 2. The Morgan fingerprint density at radius 2 is 0.880 bits per heavy atom. The molecule has 0 spiro atoms. The van der Waals surface area contributed by atoms with Gasteiger partial charge in [0.2, 0.25) is 0 Å². The zero-order valence-electron chi connectivity index (χ0n) is 25.9. The normalized spacial score (nSPS) is 14.6. The molecule has 6 aromatic carbocycles. The molecule has 0 atom stereocenters. The van der Waals surface area contributed by atoms with Crippen molar-refractivity contribution < 1.29 is 49.3 Å². The molecule has 0 saturated heterocycles. The van der Waals surface area contributed by atoms with E-state index in [1.165, 1.54) is 24.6 Å². The van der Waals surface area contributed by atoms with Gasteiger partial charge in [0.05, 0.1) is 23.8 Å². The second-order valence-electron chi connectivity index (χ2n) is 10.8. The number of hydrogen-bond donors (Lipinski definition) is 2. The van der Waals surface area contributed by atoms with Crippen LogP contribution in [0.4, 0.5) is 11.4 Å². The number of carbonyl (C=O) groups is 2. The topological polar surface area (TPSA) is 154 Å². The van der Waals surface area contributed by atoms with Gasteiger partial charge in [-0.05, 0) is 44.8 Å². The summed E-state index contributed by atoms with van der Waals surface area (Å²) in [5.41, 5.74) is 4.26. The zero-order valence-corrected chi connectivity index (χ0v) is 27.7. The fraction of sp³-hybridized carbons (Fsp3) is 0. The van der Waals surface area contributed by atoms with Crippen LogP contribution >= 0.6 is 0 Å². The smallest absolute Gasteiger partial charge is 1.00 e. The molecule has 0 aromatic heterocycles. The molecule has 2 aliphatic rings. The summed E-state index contributed by atoms with van der Waals surface area (Å²) >= 11 is 0. The predicted octanol–water partition coefficient (Wildman–Crippen LogP) is 2.38. The maximum atomic E-state index is 12.1. The number of hydrogen-bond acceptors (Lipinski definition) is 8. The molecule has 2 N–H and O–H groups in total. The average Bonchev–Trinajstić information content (AvgIpc) is 3.61. The summed E-state index contributed by atoms with van der Waals surface area (Å²) in [6.07, 6.45) is 2.82. The summed E-state index contributed by atoms with van der Waals surface area (Å²) < 4.78 is 0. The Kier molecular flexibility index (Phi) is 10.8. The molecule has 6 aromatic rings. The van der Waals surface area contributed by atoms with Crippen LogP contribution in [0.15, 0.2) is 142 Å². The Bertz CT molecular complexity index is 2220. The fourth-order valence-electron chi connectivity index (χ4n) is 5.51. The molecule has 245 valence electrons. The van der Waals surface area contributed by atoms with E-state index < -0.39 is 0 Å². The van der Waals surface area contributed by atoms with Crippen molar-refractivity contribution in [1.29, 1.82) is 0 Å². The SMILES string of the molecule is O=C1Nc2ccccc2/C1=N/N=C/c1c([O-])ccc2ccccc12.O=C1Nc2ccccc2/C1=N/N=C/c1c([O-])ccc2ccccc12.[Cl-].[Fe+3]. The Morgan fingerprint density at radius 3 is 1.32 bits per heavy atom. The number of nitrogens with zero attached hydrogens (tertiary/aromatic N) is 4. The van der Waals surface area contributed by atoms with Gasteiger partial charge in [0.25, 0.3) is 11.8 Å². The van der Waals surface area contributed by atoms with Gasteiger partial charge < -0.3 is 33.3 Å². The molecule has 0 bridgehead atoms. The van der Waals surface area contributed by atoms with Crippen LogP contribution in [0.1, 0.15) is 22.3 Å². The quantitative estimate of drug-likeness (QED) is 0.163. The van der Waals surface area contributed by atoms with Gasteiger partial charge in [0.1, 0.15) is 0 Å². The second kappa shape index (κ2) is 15.4. The van der Waals surface area contributed by atoms with Crippen LogP contribution in [0.25, 0.3) is 21.5 Å². The number of carbonyl (C=O) groups excluding carboxylic acids is 2. The van der Waals surface area contributed by atoms with Crippen molar-refractivity contribution in [3.63, 3.8) is 0 Å². The summed E-state index contributed by atoms with van der Waals surface area (Å²) in [5.74, 6) is -0.856. The van der Waals surface area contributed by atoms with E-state index in [-0.39, 0.29) is 64.2 Å². The van der Waals surface area contributed by atoms with Crippen molar-refractivity contribution in [3.8, 4) is 11.5 Å². The molecule has 0 aliphatic carbocycles. The standard InChI is InChI=1S/2C19H13N3O2.ClH.Fe/c2*23-17-10-9-12-5-1-2-6-13(12)15(17)11-20-22-18-14-7-3-4-8-16(14)21-19(18)24;;/h2*1-11,23H,(H,21,22,24);1H;/q;;;+3/p-3/b2*20-11+;;. The number of rotatable bonds is 4. The van der Waals surface area contributed by atoms with Gasteiger partial charge in [-0.25, -0.2) is 0 Å². The van der Waals surface area contributed by atoms with Crippen LogP contribution in [-0.2, 0) is 26.7 Å². The molecule has 0 saturated carbocycles. The Labute approximate surface area is 302 Å². The number of nitrogens with one attached hydrogen (secondary N) is 2. The van der Waals surface area contributed by atoms with E-state index in [1.54, 1.807) is 36.4 Å². The molecular weight excluding hydrogens is 696 g/mol. The summed E-state index contributed by atoms with van der Waals surface area (Å²) in [7, 11) is 0. The molecule has 50 heavy (non-hydrogen) atoms. The molecule has 8 rings (SSSR count). The number of amides is 2. The molecular formula is C38H24ClFeN6O4. The number of benzene rings is 6. The maximum Gasteiger partial charge on any atom is 3.00 e. The van der Waals surface area contributed by atoms with Crippen molar-refractivity contribution in [3.05, 3.63) is 144 Å². The Hall–Kier alpha value is -6.13. The third-order valence-electron chi connectivity index (χ3n) is 7.84. The molecule has 2 heterocycles. The first-order valence-corrected chi connectivity index (χ1v) is 14.9. The first-order valence-electron chi connectivity index (χ1n) is 14.9. The molecule has 2 amide bonds. The number of fused-ring (bicyclic) bond motifs is 4. The first-order chi connectivity index (χ1) is 23.5. The van der Waals surface area contributed by atoms with Crippen molar-refractivity contribution in [2.75, 3.05) is 10.6 Å².